The van der Waals surface area contributed by atoms with Crippen LogP contribution in [-0.4, -0.2) is 37.0 Å². The lowest BCUT2D eigenvalue weighted by atomic mass is 10.1. The van der Waals surface area contributed by atoms with Crippen LogP contribution in [0.15, 0.2) is 46.7 Å². The Bertz CT molecular complexity index is 637. The Morgan fingerprint density at radius 2 is 1.96 bits per heavy atom. The largest absolute Gasteiger partial charge is 0.351 e. The van der Waals surface area contributed by atoms with Gasteiger partial charge < -0.3 is 10.2 Å². The summed E-state index contributed by atoms with van der Waals surface area (Å²) < 4.78 is 0. The molecule has 1 fully saturated rings. The van der Waals surface area contributed by atoms with Gasteiger partial charge in [0.25, 0.3) is 5.91 Å². The van der Waals surface area contributed by atoms with Gasteiger partial charge in [-0.05, 0) is 49.5 Å². The van der Waals surface area contributed by atoms with Crippen molar-refractivity contribution in [1.29, 1.82) is 0 Å². The van der Waals surface area contributed by atoms with Crippen molar-refractivity contribution in [3.05, 3.63) is 52.2 Å². The lowest BCUT2D eigenvalue weighted by Gasteiger charge is -2.26. The van der Waals surface area contributed by atoms with Crippen LogP contribution in [0.25, 0.3) is 0 Å². The van der Waals surface area contributed by atoms with Gasteiger partial charge in [0.05, 0.1) is 5.56 Å². The van der Waals surface area contributed by atoms with Gasteiger partial charge in [0.15, 0.2) is 0 Å². The van der Waals surface area contributed by atoms with Gasteiger partial charge in [-0.3, -0.25) is 4.79 Å². The molecule has 5 heteroatoms. The van der Waals surface area contributed by atoms with E-state index >= 15 is 0 Å². The first-order valence-corrected chi connectivity index (χ1v) is 10.4. The van der Waals surface area contributed by atoms with Crippen LogP contribution in [-0.2, 0) is 5.75 Å². The Hall–Kier alpha value is -1.30. The van der Waals surface area contributed by atoms with Crippen molar-refractivity contribution in [2.24, 2.45) is 0 Å². The first kappa shape index (κ1) is 17.5. The Kier molecular flexibility index (Phi) is 6.75. The number of thioether (sulfide) groups is 1. The molecule has 3 nitrogen and oxygen atoms in total. The van der Waals surface area contributed by atoms with Crippen molar-refractivity contribution in [2.75, 3.05) is 26.2 Å². The van der Waals surface area contributed by atoms with Crippen molar-refractivity contribution < 1.29 is 4.79 Å². The van der Waals surface area contributed by atoms with E-state index in [0.717, 1.165) is 29.3 Å². The average molecular weight is 361 g/mol. The summed E-state index contributed by atoms with van der Waals surface area (Å²) in [5.41, 5.74) is 0.790. The molecule has 3 rings (SSSR count). The number of piperidine rings is 1. The molecule has 1 aliphatic rings. The maximum absolute atomic E-state index is 12.5. The predicted molar refractivity (Wildman–Crippen MR) is 103 cm³/mol. The van der Waals surface area contributed by atoms with E-state index in [1.807, 2.05) is 24.3 Å². The van der Waals surface area contributed by atoms with Crippen LogP contribution in [0.4, 0.5) is 0 Å². The molecule has 2 aromatic rings. The molecule has 1 aromatic heterocycles. The zero-order valence-electron chi connectivity index (χ0n) is 13.9. The Morgan fingerprint density at radius 3 is 2.75 bits per heavy atom. The molecule has 2 heterocycles. The molecule has 128 valence electrons. The van der Waals surface area contributed by atoms with Gasteiger partial charge in [-0.2, -0.15) is 0 Å². The number of nitrogens with zero attached hydrogens (tertiary/aromatic N) is 1. The van der Waals surface area contributed by atoms with E-state index in [-0.39, 0.29) is 5.91 Å². The minimum atomic E-state index is 0.0429. The lowest BCUT2D eigenvalue weighted by Crippen LogP contribution is -2.37. The molecule has 1 saturated heterocycles. The van der Waals surface area contributed by atoms with Gasteiger partial charge in [0, 0.05) is 28.6 Å². The summed E-state index contributed by atoms with van der Waals surface area (Å²) in [5.74, 6) is 0.955. The molecule has 0 aliphatic carbocycles. The number of likely N-dealkylation sites (tertiary alicyclic amines) is 1. The maximum Gasteiger partial charge on any atom is 0.252 e. The van der Waals surface area contributed by atoms with Gasteiger partial charge >= 0.3 is 0 Å². The first-order valence-electron chi connectivity index (χ1n) is 8.58. The standard InChI is InChI=1S/C19H24N2OS2/c22-19(20-10-13-21-11-4-1-5-12-21)17-8-2-3-9-18(17)24-15-16-7-6-14-23-16/h2-3,6-9,14H,1,4-5,10-13,15H2,(H,20,22). The fraction of sp³-hybridized carbons (Fsp3) is 0.421. The molecule has 0 radical (unpaired) electrons. The molecule has 0 atom stereocenters. The van der Waals surface area contributed by atoms with Crippen LogP contribution in [0.5, 0.6) is 0 Å². The smallest absolute Gasteiger partial charge is 0.252 e. The van der Waals surface area contributed by atoms with Crippen molar-refractivity contribution in [3.63, 3.8) is 0 Å². The van der Waals surface area contributed by atoms with Crippen LogP contribution in [0.3, 0.4) is 0 Å². The highest BCUT2D eigenvalue weighted by Crippen LogP contribution is 2.27. The highest BCUT2D eigenvalue weighted by atomic mass is 32.2. The predicted octanol–water partition coefficient (Wildman–Crippen LogP) is 4.26. The van der Waals surface area contributed by atoms with Gasteiger partial charge in [-0.1, -0.05) is 24.6 Å². The molecule has 0 spiro atoms. The maximum atomic E-state index is 12.5. The number of thiophene rings is 1. The zero-order chi connectivity index (χ0) is 16.6. The molecule has 0 unspecified atom stereocenters. The van der Waals surface area contributed by atoms with E-state index in [4.69, 9.17) is 0 Å². The minimum absolute atomic E-state index is 0.0429. The van der Waals surface area contributed by atoms with Crippen molar-refractivity contribution >= 4 is 29.0 Å². The summed E-state index contributed by atoms with van der Waals surface area (Å²) in [6.07, 6.45) is 3.92. The molecule has 1 N–H and O–H groups in total. The molecular formula is C19H24N2OS2. The topological polar surface area (TPSA) is 32.3 Å². The fourth-order valence-electron chi connectivity index (χ4n) is 2.93. The zero-order valence-corrected chi connectivity index (χ0v) is 15.5. The lowest BCUT2D eigenvalue weighted by molar-refractivity contribution is 0.0943. The van der Waals surface area contributed by atoms with Gasteiger partial charge in [-0.25, -0.2) is 0 Å². The summed E-state index contributed by atoms with van der Waals surface area (Å²) in [7, 11) is 0. The highest BCUT2D eigenvalue weighted by molar-refractivity contribution is 7.98. The molecule has 1 aromatic carbocycles. The van der Waals surface area contributed by atoms with Crippen LogP contribution in [0.2, 0.25) is 0 Å². The summed E-state index contributed by atoms with van der Waals surface area (Å²) in [5, 5.41) is 5.18. The molecular weight excluding hydrogens is 336 g/mol. The summed E-state index contributed by atoms with van der Waals surface area (Å²) >= 11 is 3.49. The number of benzene rings is 1. The number of carbonyl (C=O) groups excluding carboxylic acids is 1. The minimum Gasteiger partial charge on any atom is -0.351 e. The van der Waals surface area contributed by atoms with E-state index in [1.54, 1.807) is 23.1 Å². The van der Waals surface area contributed by atoms with E-state index in [9.17, 15) is 4.79 Å². The van der Waals surface area contributed by atoms with Crippen molar-refractivity contribution in [2.45, 2.75) is 29.9 Å². The second-order valence-corrected chi connectivity index (χ2v) is 8.07. The number of amides is 1. The third-order valence-electron chi connectivity index (χ3n) is 4.24. The molecule has 0 bridgehead atoms. The van der Waals surface area contributed by atoms with Crippen molar-refractivity contribution in [3.8, 4) is 0 Å². The number of carbonyl (C=O) groups is 1. The van der Waals surface area contributed by atoms with E-state index in [1.165, 1.54) is 37.2 Å². The summed E-state index contributed by atoms with van der Waals surface area (Å²) in [6, 6.07) is 12.1. The SMILES string of the molecule is O=C(NCCN1CCCCC1)c1ccccc1SCc1cccs1. The number of nitrogens with one attached hydrogen (secondary N) is 1. The second kappa shape index (κ2) is 9.25. The van der Waals surface area contributed by atoms with Gasteiger partial charge in [-0.15, -0.1) is 23.1 Å². The van der Waals surface area contributed by atoms with Gasteiger partial charge in [0.2, 0.25) is 0 Å². The Morgan fingerprint density at radius 1 is 1.12 bits per heavy atom. The molecule has 24 heavy (non-hydrogen) atoms. The third-order valence-corrected chi connectivity index (χ3v) is 6.43. The summed E-state index contributed by atoms with van der Waals surface area (Å²) in [4.78, 5) is 17.4. The number of hydrogen-bond acceptors (Lipinski definition) is 4. The van der Waals surface area contributed by atoms with Crippen LogP contribution >= 0.6 is 23.1 Å². The molecule has 1 aliphatic heterocycles. The van der Waals surface area contributed by atoms with E-state index in [0.29, 0.717) is 0 Å². The molecule has 1 amide bonds. The fourth-order valence-corrected chi connectivity index (χ4v) is 4.75. The monoisotopic (exact) mass is 360 g/mol. The Labute approximate surface area is 152 Å². The van der Waals surface area contributed by atoms with Crippen LogP contribution in [0.1, 0.15) is 34.5 Å². The summed E-state index contributed by atoms with van der Waals surface area (Å²) in [6.45, 7) is 4.02. The molecule has 0 saturated carbocycles. The average Bonchev–Trinajstić information content (AvgIpc) is 3.14. The van der Waals surface area contributed by atoms with Crippen molar-refractivity contribution in [1.82, 2.24) is 10.2 Å². The second-order valence-electron chi connectivity index (χ2n) is 6.02. The highest BCUT2D eigenvalue weighted by Gasteiger charge is 2.13. The number of hydrogen-bond donors (Lipinski definition) is 1. The first-order chi connectivity index (χ1) is 11.8. The number of rotatable bonds is 7. The van der Waals surface area contributed by atoms with Crippen LogP contribution in [0, 0.1) is 0 Å². The normalized spacial score (nSPS) is 15.3. The third kappa shape index (κ3) is 5.10. The van der Waals surface area contributed by atoms with Gasteiger partial charge in [0.1, 0.15) is 0 Å². The Balaban J connectivity index is 1.51. The van der Waals surface area contributed by atoms with Crippen LogP contribution < -0.4 is 5.32 Å². The quantitative estimate of drug-likeness (QED) is 0.749. The van der Waals surface area contributed by atoms with E-state index < -0.39 is 0 Å². The van der Waals surface area contributed by atoms with E-state index in [2.05, 4.69) is 27.7 Å².